The first kappa shape index (κ1) is 17.8. The molecule has 3 rings (SSSR count). The zero-order valence-electron chi connectivity index (χ0n) is 15.5. The number of hydrogen-bond donors (Lipinski definition) is 0. The smallest absolute Gasteiger partial charge is 0.337 e. The fraction of sp³-hybridized carbons (Fsp3) is 0.227. The Bertz CT molecular complexity index is 960. The third-order valence-corrected chi connectivity index (χ3v) is 4.44. The van der Waals surface area contributed by atoms with Crippen LogP contribution in [0.3, 0.4) is 0 Å². The van der Waals surface area contributed by atoms with Crippen LogP contribution in [0.5, 0.6) is 11.5 Å². The van der Waals surface area contributed by atoms with E-state index in [1.807, 2.05) is 30.3 Å². The van der Waals surface area contributed by atoms with Crippen molar-refractivity contribution in [2.24, 2.45) is 0 Å². The molecule has 0 atom stereocenters. The molecule has 0 bridgehead atoms. The number of carbonyl (C=O) groups excluding carboxylic acids is 1. The fourth-order valence-electron chi connectivity index (χ4n) is 3.28. The first-order valence-corrected chi connectivity index (χ1v) is 8.39. The number of carbonyl (C=O) groups is 1. The summed E-state index contributed by atoms with van der Waals surface area (Å²) in [6, 6.07) is 15.8. The van der Waals surface area contributed by atoms with Crippen molar-refractivity contribution in [3.8, 4) is 11.5 Å². The minimum atomic E-state index is -0.354. The van der Waals surface area contributed by atoms with E-state index < -0.39 is 0 Å². The molecule has 0 unspecified atom stereocenters. The van der Waals surface area contributed by atoms with E-state index in [0.29, 0.717) is 23.5 Å². The first-order chi connectivity index (χ1) is 12.6. The lowest BCUT2D eigenvalue weighted by Gasteiger charge is -2.16. The van der Waals surface area contributed by atoms with Gasteiger partial charge in [-0.25, -0.2) is 4.79 Å². The molecule has 26 heavy (non-hydrogen) atoms. The molecule has 0 aliphatic carbocycles. The minimum Gasteiger partial charge on any atom is -0.493 e. The summed E-state index contributed by atoms with van der Waals surface area (Å²) in [5.74, 6) is 0.979. The molecular formula is C22H22O4. The minimum absolute atomic E-state index is 0.354. The summed E-state index contributed by atoms with van der Waals surface area (Å²) in [5, 5.41) is 1.86. The van der Waals surface area contributed by atoms with Gasteiger partial charge in [0.15, 0.2) is 11.5 Å². The van der Waals surface area contributed by atoms with Gasteiger partial charge in [0.1, 0.15) is 0 Å². The van der Waals surface area contributed by atoms with Gasteiger partial charge >= 0.3 is 5.97 Å². The molecule has 0 saturated heterocycles. The van der Waals surface area contributed by atoms with Gasteiger partial charge < -0.3 is 14.2 Å². The van der Waals surface area contributed by atoms with Gasteiger partial charge in [-0.3, -0.25) is 0 Å². The number of aryl methyl sites for hydroxylation is 1. The Morgan fingerprint density at radius 3 is 2.42 bits per heavy atom. The van der Waals surface area contributed by atoms with Crippen molar-refractivity contribution >= 4 is 16.7 Å². The molecule has 0 spiro atoms. The average Bonchev–Trinajstić information content (AvgIpc) is 2.66. The van der Waals surface area contributed by atoms with Gasteiger partial charge in [-0.2, -0.15) is 0 Å². The van der Waals surface area contributed by atoms with Gasteiger partial charge in [-0.05, 0) is 48.1 Å². The summed E-state index contributed by atoms with van der Waals surface area (Å²) in [7, 11) is 4.63. The maximum Gasteiger partial charge on any atom is 0.337 e. The van der Waals surface area contributed by atoms with Crippen LogP contribution in [-0.2, 0) is 11.2 Å². The van der Waals surface area contributed by atoms with Gasteiger partial charge in [-0.1, -0.05) is 35.9 Å². The summed E-state index contributed by atoms with van der Waals surface area (Å²) in [4.78, 5) is 12.1. The van der Waals surface area contributed by atoms with Crippen molar-refractivity contribution < 1.29 is 19.0 Å². The molecule has 0 aromatic heterocycles. The molecule has 3 aromatic carbocycles. The van der Waals surface area contributed by atoms with E-state index in [9.17, 15) is 4.79 Å². The van der Waals surface area contributed by atoms with Gasteiger partial charge in [-0.15, -0.1) is 0 Å². The molecule has 0 heterocycles. The van der Waals surface area contributed by atoms with E-state index in [1.54, 1.807) is 14.2 Å². The molecular weight excluding hydrogens is 328 g/mol. The largest absolute Gasteiger partial charge is 0.493 e. The number of hydrogen-bond acceptors (Lipinski definition) is 4. The van der Waals surface area contributed by atoms with Crippen molar-refractivity contribution in [2.45, 2.75) is 13.3 Å². The lowest BCUT2D eigenvalue weighted by Crippen LogP contribution is -2.04. The van der Waals surface area contributed by atoms with Crippen molar-refractivity contribution in [3.05, 3.63) is 70.8 Å². The quantitative estimate of drug-likeness (QED) is 0.634. The van der Waals surface area contributed by atoms with E-state index in [0.717, 1.165) is 21.9 Å². The predicted octanol–water partition coefficient (Wildman–Crippen LogP) is 4.54. The predicted molar refractivity (Wildman–Crippen MR) is 102 cm³/mol. The molecule has 0 amide bonds. The van der Waals surface area contributed by atoms with E-state index in [-0.39, 0.29) is 5.97 Å². The Morgan fingerprint density at radius 1 is 0.962 bits per heavy atom. The van der Waals surface area contributed by atoms with Crippen molar-refractivity contribution in [1.29, 1.82) is 0 Å². The lowest BCUT2D eigenvalue weighted by atomic mass is 9.94. The Morgan fingerprint density at radius 2 is 1.77 bits per heavy atom. The van der Waals surface area contributed by atoms with E-state index >= 15 is 0 Å². The molecule has 0 radical (unpaired) electrons. The molecule has 0 aliphatic rings. The number of benzene rings is 3. The van der Waals surface area contributed by atoms with Crippen molar-refractivity contribution in [2.75, 3.05) is 21.3 Å². The molecule has 3 aromatic rings. The summed E-state index contributed by atoms with van der Waals surface area (Å²) in [6.45, 7) is 2.07. The van der Waals surface area contributed by atoms with Crippen LogP contribution in [0.15, 0.2) is 48.5 Å². The third kappa shape index (κ3) is 3.36. The zero-order chi connectivity index (χ0) is 18.7. The van der Waals surface area contributed by atoms with Gasteiger partial charge in [0.2, 0.25) is 0 Å². The molecule has 0 N–H and O–H groups in total. The summed E-state index contributed by atoms with van der Waals surface area (Å²) in [5.41, 5.74) is 3.87. The first-order valence-electron chi connectivity index (χ1n) is 8.39. The summed E-state index contributed by atoms with van der Waals surface area (Å²) >= 11 is 0. The van der Waals surface area contributed by atoms with Crippen molar-refractivity contribution in [1.82, 2.24) is 0 Å². The number of methoxy groups -OCH3 is 3. The standard InChI is InChI=1S/C22H22O4/c1-14-6-5-7-15(10-14)11-17-13-18(22(23)26-4)12-16-8-9-19(24-2)21(25-3)20(16)17/h5-10,12-13H,11H2,1-4H3. The van der Waals surface area contributed by atoms with Crippen LogP contribution in [0, 0.1) is 6.92 Å². The highest BCUT2D eigenvalue weighted by atomic mass is 16.5. The molecule has 4 nitrogen and oxygen atoms in total. The Balaban J connectivity index is 2.26. The molecule has 4 heteroatoms. The highest BCUT2D eigenvalue weighted by molar-refractivity contribution is 6.00. The highest BCUT2D eigenvalue weighted by Crippen LogP contribution is 2.39. The Hall–Kier alpha value is -3.01. The highest BCUT2D eigenvalue weighted by Gasteiger charge is 2.17. The molecule has 0 fully saturated rings. The summed E-state index contributed by atoms with van der Waals surface area (Å²) < 4.78 is 16.0. The van der Waals surface area contributed by atoms with E-state index in [1.165, 1.54) is 12.7 Å². The van der Waals surface area contributed by atoms with Crippen LogP contribution in [0.2, 0.25) is 0 Å². The van der Waals surface area contributed by atoms with Crippen LogP contribution in [0.25, 0.3) is 10.8 Å². The van der Waals surface area contributed by atoms with Gasteiger partial charge in [0.05, 0.1) is 26.9 Å². The second-order valence-corrected chi connectivity index (χ2v) is 6.19. The maximum absolute atomic E-state index is 12.1. The Labute approximate surface area is 153 Å². The second kappa shape index (κ2) is 7.48. The van der Waals surface area contributed by atoms with Crippen LogP contribution in [0.1, 0.15) is 27.0 Å². The Kier molecular flexibility index (Phi) is 5.12. The summed E-state index contributed by atoms with van der Waals surface area (Å²) in [6.07, 6.45) is 0.673. The van der Waals surface area contributed by atoms with Crippen LogP contribution in [0.4, 0.5) is 0 Å². The molecule has 0 saturated carbocycles. The van der Waals surface area contributed by atoms with Crippen LogP contribution < -0.4 is 9.47 Å². The SMILES string of the molecule is COC(=O)c1cc(Cc2cccc(C)c2)c2c(OC)c(OC)ccc2c1. The second-order valence-electron chi connectivity index (χ2n) is 6.19. The van der Waals surface area contributed by atoms with Gasteiger partial charge in [0.25, 0.3) is 0 Å². The number of esters is 1. The average molecular weight is 350 g/mol. The van der Waals surface area contributed by atoms with Crippen molar-refractivity contribution in [3.63, 3.8) is 0 Å². The van der Waals surface area contributed by atoms with E-state index in [4.69, 9.17) is 14.2 Å². The zero-order valence-corrected chi connectivity index (χ0v) is 15.5. The normalized spacial score (nSPS) is 10.6. The topological polar surface area (TPSA) is 44.8 Å². The number of ether oxygens (including phenoxy) is 3. The molecule has 0 aliphatic heterocycles. The van der Waals surface area contributed by atoms with Crippen LogP contribution in [-0.4, -0.2) is 27.3 Å². The molecule has 134 valence electrons. The monoisotopic (exact) mass is 350 g/mol. The maximum atomic E-state index is 12.1. The van der Waals surface area contributed by atoms with E-state index in [2.05, 4.69) is 25.1 Å². The van der Waals surface area contributed by atoms with Crippen LogP contribution >= 0.6 is 0 Å². The fourth-order valence-corrected chi connectivity index (χ4v) is 3.28. The number of rotatable bonds is 5. The third-order valence-electron chi connectivity index (χ3n) is 4.44. The lowest BCUT2D eigenvalue weighted by molar-refractivity contribution is 0.0601. The van der Waals surface area contributed by atoms with Gasteiger partial charge in [0, 0.05) is 5.39 Å². The number of fused-ring (bicyclic) bond motifs is 1.